The first-order chi connectivity index (χ1) is 2.77. The molecule has 0 aliphatic heterocycles. The molecule has 44 valence electrons. The summed E-state index contributed by atoms with van der Waals surface area (Å²) >= 11 is 8.12. The Balaban J connectivity index is 0. The van der Waals surface area contributed by atoms with Gasteiger partial charge in [0.15, 0.2) is 0 Å². The van der Waals surface area contributed by atoms with Crippen LogP contribution in [0.2, 0.25) is 0 Å². The van der Waals surface area contributed by atoms with Gasteiger partial charge in [-0.25, -0.2) is 0 Å². The summed E-state index contributed by atoms with van der Waals surface area (Å²) in [5, 5.41) is 0. The largest absolute Gasteiger partial charge is 0.479 e. The maximum Gasteiger partial charge on any atom is 0.216 e. The molecule has 0 aromatic rings. The molecule has 0 saturated carbocycles. The summed E-state index contributed by atoms with van der Waals surface area (Å²) in [7, 11) is 0. The van der Waals surface area contributed by atoms with Crippen LogP contribution in [0.1, 0.15) is 6.92 Å². The van der Waals surface area contributed by atoms with Crippen molar-refractivity contribution in [3.05, 3.63) is 0 Å². The zero-order valence-electron chi connectivity index (χ0n) is 3.97. The lowest BCUT2D eigenvalue weighted by Crippen LogP contribution is -1.89. The number of thiocarbonyl (C=S) groups is 1. The topological polar surface area (TPSA) is 40.7 Å². The fourth-order valence-corrected chi connectivity index (χ4v) is 0.370. The van der Waals surface area contributed by atoms with Crippen LogP contribution in [0.15, 0.2) is 0 Å². The molecule has 0 heterocycles. The van der Waals surface area contributed by atoms with Gasteiger partial charge in [-0.3, -0.25) is 0 Å². The maximum absolute atomic E-state index is 4.64. The Labute approximate surface area is 53.6 Å². The maximum atomic E-state index is 4.64. The zero-order chi connectivity index (χ0) is 4.99. The Morgan fingerprint density at radius 1 is 1.86 bits per heavy atom. The van der Waals surface area contributed by atoms with Gasteiger partial charge in [0.2, 0.25) is 4.38 Å². The van der Waals surface area contributed by atoms with Gasteiger partial charge in [0.25, 0.3) is 0 Å². The Morgan fingerprint density at radius 3 is 2.29 bits per heavy atom. The van der Waals surface area contributed by atoms with Crippen LogP contribution >= 0.6 is 24.8 Å². The third kappa shape index (κ3) is 10.7. The van der Waals surface area contributed by atoms with Crippen LogP contribution < -0.4 is 0 Å². The zero-order valence-corrected chi connectivity index (χ0v) is 5.68. The summed E-state index contributed by atoms with van der Waals surface area (Å²) in [5.74, 6) is 0. The van der Waals surface area contributed by atoms with Gasteiger partial charge in [0.05, 0.1) is 6.61 Å². The Bertz CT molecular complexity index is 54.9. The number of ether oxygens (including phenoxy) is 1. The van der Waals surface area contributed by atoms with Crippen molar-refractivity contribution in [3.63, 3.8) is 0 Å². The summed E-state index contributed by atoms with van der Waals surface area (Å²) < 4.78 is 4.95. The van der Waals surface area contributed by atoms with Crippen molar-refractivity contribution in [1.29, 1.82) is 0 Å². The van der Waals surface area contributed by atoms with E-state index in [0.29, 0.717) is 11.0 Å². The Hall–Kier alpha value is 0.200. The molecule has 4 heteroatoms. The SMILES string of the molecule is CCOC(=S)S.O. The van der Waals surface area contributed by atoms with Crippen molar-refractivity contribution in [2.24, 2.45) is 0 Å². The predicted octanol–water partition coefficient (Wildman–Crippen LogP) is 0.413. The van der Waals surface area contributed by atoms with Crippen molar-refractivity contribution in [2.45, 2.75) is 6.92 Å². The minimum Gasteiger partial charge on any atom is -0.479 e. The van der Waals surface area contributed by atoms with Crippen LogP contribution in [0.5, 0.6) is 0 Å². The van der Waals surface area contributed by atoms with Gasteiger partial charge < -0.3 is 10.2 Å². The fourth-order valence-electron chi connectivity index (χ4n) is 0.123. The van der Waals surface area contributed by atoms with Gasteiger partial charge in [0.1, 0.15) is 0 Å². The van der Waals surface area contributed by atoms with Crippen molar-refractivity contribution >= 4 is 29.2 Å². The lowest BCUT2D eigenvalue weighted by atomic mass is 10.9. The van der Waals surface area contributed by atoms with E-state index in [9.17, 15) is 0 Å². The van der Waals surface area contributed by atoms with Gasteiger partial charge in [-0.2, -0.15) is 0 Å². The molecule has 7 heavy (non-hydrogen) atoms. The second-order valence-corrected chi connectivity index (χ2v) is 1.78. The van der Waals surface area contributed by atoms with Crippen LogP contribution in [0.25, 0.3) is 0 Å². The second-order valence-electron chi connectivity index (χ2n) is 0.699. The first-order valence-electron chi connectivity index (χ1n) is 1.63. The highest BCUT2D eigenvalue weighted by atomic mass is 32.1. The molecule has 2 nitrogen and oxygen atoms in total. The normalized spacial score (nSPS) is 6.57. The molecule has 0 amide bonds. The summed E-state index contributed by atoms with van der Waals surface area (Å²) in [6, 6.07) is 0. The number of hydrogen-bond acceptors (Lipinski definition) is 2. The van der Waals surface area contributed by atoms with E-state index in [-0.39, 0.29) is 5.48 Å². The summed E-state index contributed by atoms with van der Waals surface area (Å²) in [6.07, 6.45) is 0. The molecule has 0 aliphatic carbocycles. The van der Waals surface area contributed by atoms with Crippen molar-refractivity contribution in [2.75, 3.05) is 6.61 Å². The Kier molecular flexibility index (Phi) is 9.07. The Morgan fingerprint density at radius 2 is 2.29 bits per heavy atom. The molecule has 0 spiro atoms. The first kappa shape index (κ1) is 10.2. The summed E-state index contributed by atoms with van der Waals surface area (Å²) in [4.78, 5) is 0. The number of hydrogen-bond donors (Lipinski definition) is 1. The summed E-state index contributed by atoms with van der Waals surface area (Å²) in [6.45, 7) is 2.48. The van der Waals surface area contributed by atoms with Gasteiger partial charge in [-0.05, 0) is 19.1 Å². The molecule has 0 radical (unpaired) electrons. The fraction of sp³-hybridized carbons (Fsp3) is 0.667. The first-order valence-corrected chi connectivity index (χ1v) is 2.48. The third-order valence-electron chi connectivity index (χ3n) is 0.268. The van der Waals surface area contributed by atoms with Crippen LogP contribution in [0, 0.1) is 0 Å². The van der Waals surface area contributed by atoms with Gasteiger partial charge in [-0.15, -0.1) is 0 Å². The average molecular weight is 140 g/mol. The molecule has 0 unspecified atom stereocenters. The van der Waals surface area contributed by atoms with E-state index in [1.807, 2.05) is 6.92 Å². The third-order valence-corrected chi connectivity index (χ3v) is 0.515. The lowest BCUT2D eigenvalue weighted by Gasteiger charge is -1.92. The van der Waals surface area contributed by atoms with Crippen LogP contribution in [0.4, 0.5) is 0 Å². The van der Waals surface area contributed by atoms with Gasteiger partial charge in [0, 0.05) is 0 Å². The molecular weight excluding hydrogens is 132 g/mol. The van der Waals surface area contributed by atoms with E-state index in [1.54, 1.807) is 0 Å². The van der Waals surface area contributed by atoms with E-state index in [2.05, 4.69) is 29.6 Å². The van der Waals surface area contributed by atoms with Gasteiger partial charge in [-0.1, -0.05) is 12.6 Å². The number of thiol groups is 1. The standard InChI is InChI=1S/C3H6OS2.H2O/c1-2-4-3(5)6;/h2H2,1H3,(H,5,6);1H2. The highest BCUT2D eigenvalue weighted by Crippen LogP contribution is 1.83. The van der Waals surface area contributed by atoms with Crippen LogP contribution in [-0.4, -0.2) is 16.5 Å². The molecular formula is C3H8O2S2. The number of rotatable bonds is 1. The quantitative estimate of drug-likeness (QED) is 0.423. The lowest BCUT2D eigenvalue weighted by molar-refractivity contribution is 0.346. The van der Waals surface area contributed by atoms with E-state index < -0.39 is 0 Å². The molecule has 0 saturated heterocycles. The van der Waals surface area contributed by atoms with E-state index in [0.717, 1.165) is 0 Å². The van der Waals surface area contributed by atoms with Crippen LogP contribution in [0.3, 0.4) is 0 Å². The molecule has 0 aromatic heterocycles. The van der Waals surface area contributed by atoms with Crippen molar-refractivity contribution in [1.82, 2.24) is 0 Å². The predicted molar refractivity (Wildman–Crippen MR) is 36.8 cm³/mol. The average Bonchev–Trinajstić information content (AvgIpc) is 1.35. The molecule has 0 atom stereocenters. The molecule has 0 aliphatic rings. The van der Waals surface area contributed by atoms with Crippen LogP contribution in [-0.2, 0) is 4.74 Å². The minimum absolute atomic E-state index is 0. The molecule has 0 rings (SSSR count). The molecule has 0 aromatic carbocycles. The minimum atomic E-state index is 0. The molecule has 0 fully saturated rings. The van der Waals surface area contributed by atoms with Gasteiger partial charge >= 0.3 is 0 Å². The highest BCUT2D eigenvalue weighted by molar-refractivity contribution is 8.10. The molecule has 2 N–H and O–H groups in total. The highest BCUT2D eigenvalue weighted by Gasteiger charge is 1.77. The monoisotopic (exact) mass is 140 g/mol. The van der Waals surface area contributed by atoms with Crippen molar-refractivity contribution in [3.8, 4) is 0 Å². The van der Waals surface area contributed by atoms with Crippen molar-refractivity contribution < 1.29 is 10.2 Å². The molecule has 0 bridgehead atoms. The van der Waals surface area contributed by atoms with E-state index >= 15 is 0 Å². The second kappa shape index (κ2) is 6.20. The van der Waals surface area contributed by atoms with E-state index in [4.69, 9.17) is 0 Å². The smallest absolute Gasteiger partial charge is 0.216 e. The van der Waals surface area contributed by atoms with E-state index in [1.165, 1.54) is 0 Å². The summed E-state index contributed by atoms with van der Waals surface area (Å²) in [5.41, 5.74) is 0.